The predicted molar refractivity (Wildman–Crippen MR) is 125 cm³/mol. The van der Waals surface area contributed by atoms with Crippen LogP contribution in [-0.2, 0) is 21.4 Å². The number of aromatic nitrogens is 2. The molecule has 9 nitrogen and oxygen atoms in total. The molecular weight excluding hydrogens is 479 g/mol. The Bertz CT molecular complexity index is 1190. The van der Waals surface area contributed by atoms with E-state index in [1.807, 2.05) is 0 Å². The highest BCUT2D eigenvalue weighted by Gasteiger charge is 2.49. The van der Waals surface area contributed by atoms with Gasteiger partial charge in [0.25, 0.3) is 0 Å². The lowest BCUT2D eigenvalue weighted by molar-refractivity contribution is -0.187. The van der Waals surface area contributed by atoms with Crippen molar-refractivity contribution in [1.82, 2.24) is 20.0 Å². The number of amides is 3. The van der Waals surface area contributed by atoms with Crippen LogP contribution in [0, 0.1) is 5.92 Å². The van der Waals surface area contributed by atoms with Gasteiger partial charge in [0.15, 0.2) is 0 Å². The summed E-state index contributed by atoms with van der Waals surface area (Å²) in [6, 6.07) is 4.14. The summed E-state index contributed by atoms with van der Waals surface area (Å²) in [5.74, 6) is -3.07. The van der Waals surface area contributed by atoms with Crippen LogP contribution >= 0.6 is 0 Å². The standard InChI is InChI=1S/C24H30F3N5O4/c1-23(2,3)36-22(35)32-10-9-17(16(12-32)24(25,26)27)28-13-5-6-14-18(11-13)31(4)30-20(14)15-7-8-19(33)29-21(15)34/h5-6,11,15-17,28H,7-10,12H2,1-4H3,(H,29,33,34)/t15-,16-,17+/m1/s1. The molecule has 2 aliphatic rings. The van der Waals surface area contributed by atoms with Crippen LogP contribution in [-0.4, -0.2) is 63.5 Å². The zero-order valence-corrected chi connectivity index (χ0v) is 20.6. The van der Waals surface area contributed by atoms with Gasteiger partial charge in [-0.1, -0.05) is 0 Å². The van der Waals surface area contributed by atoms with E-state index in [4.69, 9.17) is 4.74 Å². The van der Waals surface area contributed by atoms with Gasteiger partial charge in [0.2, 0.25) is 11.8 Å². The number of fused-ring (bicyclic) bond motifs is 1. The van der Waals surface area contributed by atoms with Crippen LogP contribution in [0.5, 0.6) is 0 Å². The summed E-state index contributed by atoms with van der Waals surface area (Å²) in [5.41, 5.74) is 0.855. The van der Waals surface area contributed by atoms with Crippen LogP contribution in [0.25, 0.3) is 10.9 Å². The number of hydrogen-bond acceptors (Lipinski definition) is 6. The van der Waals surface area contributed by atoms with Gasteiger partial charge in [-0.25, -0.2) is 4.79 Å². The Hall–Kier alpha value is -3.31. The maximum Gasteiger partial charge on any atom is 0.410 e. The number of imide groups is 1. The fourth-order valence-corrected chi connectivity index (χ4v) is 4.75. The molecule has 2 fully saturated rings. The number of piperidine rings is 2. The number of anilines is 1. The third-order valence-electron chi connectivity index (χ3n) is 6.49. The molecule has 4 rings (SSSR count). The van der Waals surface area contributed by atoms with E-state index in [1.165, 1.54) is 0 Å². The smallest absolute Gasteiger partial charge is 0.410 e. The summed E-state index contributed by atoms with van der Waals surface area (Å²) in [7, 11) is 1.69. The molecule has 0 unspecified atom stereocenters. The van der Waals surface area contributed by atoms with Crippen LogP contribution in [0.3, 0.4) is 0 Å². The fraction of sp³-hybridized carbons (Fsp3) is 0.583. The lowest BCUT2D eigenvalue weighted by Gasteiger charge is -2.40. The van der Waals surface area contributed by atoms with Crippen molar-refractivity contribution < 1.29 is 32.3 Å². The number of rotatable bonds is 3. The molecule has 12 heteroatoms. The van der Waals surface area contributed by atoms with Gasteiger partial charge in [0.05, 0.1) is 23.0 Å². The molecule has 1 aromatic heterocycles. The second-order valence-electron chi connectivity index (χ2n) is 10.4. The summed E-state index contributed by atoms with van der Waals surface area (Å²) in [6.07, 6.45) is -4.62. The number of carbonyl (C=O) groups is 3. The SMILES string of the molecule is Cn1nc([C@H]2CCC(=O)NC2=O)c2ccc(N[C@H]3CCN(C(=O)OC(C)(C)C)C[C@H]3C(F)(F)F)cc21. The van der Waals surface area contributed by atoms with Crippen molar-refractivity contribution in [3.63, 3.8) is 0 Å². The maximum absolute atomic E-state index is 14.0. The van der Waals surface area contributed by atoms with E-state index in [-0.39, 0.29) is 25.3 Å². The minimum atomic E-state index is -4.52. The summed E-state index contributed by atoms with van der Waals surface area (Å²) in [4.78, 5) is 37.3. The second-order valence-corrected chi connectivity index (χ2v) is 10.4. The van der Waals surface area contributed by atoms with Crippen LogP contribution < -0.4 is 10.6 Å². The minimum Gasteiger partial charge on any atom is -0.444 e. The number of halogens is 3. The Labute approximate surface area is 206 Å². The van der Waals surface area contributed by atoms with Gasteiger partial charge in [0, 0.05) is 43.7 Å². The molecule has 1 aromatic carbocycles. The Morgan fingerprint density at radius 2 is 1.92 bits per heavy atom. The molecule has 0 spiro atoms. The van der Waals surface area contributed by atoms with Crippen molar-refractivity contribution in [3.05, 3.63) is 23.9 Å². The van der Waals surface area contributed by atoms with E-state index >= 15 is 0 Å². The van der Waals surface area contributed by atoms with E-state index in [0.717, 1.165) is 4.90 Å². The largest absolute Gasteiger partial charge is 0.444 e. The summed E-state index contributed by atoms with van der Waals surface area (Å²) >= 11 is 0. The number of alkyl halides is 3. The number of hydrogen-bond donors (Lipinski definition) is 2. The Morgan fingerprint density at radius 3 is 2.56 bits per heavy atom. The summed E-state index contributed by atoms with van der Waals surface area (Å²) in [6.45, 7) is 4.64. The van der Waals surface area contributed by atoms with Gasteiger partial charge in [-0.3, -0.25) is 19.6 Å². The number of ether oxygens (including phenoxy) is 1. The number of aryl methyl sites for hydroxylation is 1. The molecule has 0 radical (unpaired) electrons. The molecule has 0 saturated carbocycles. The molecule has 3 atom stereocenters. The zero-order chi connectivity index (χ0) is 26.4. The number of carbonyl (C=O) groups excluding carboxylic acids is 3. The highest BCUT2D eigenvalue weighted by Crippen LogP contribution is 2.37. The van der Waals surface area contributed by atoms with E-state index in [1.54, 1.807) is 50.7 Å². The van der Waals surface area contributed by atoms with Gasteiger partial charge in [-0.05, 0) is 51.8 Å². The maximum atomic E-state index is 14.0. The third-order valence-corrected chi connectivity index (χ3v) is 6.49. The molecule has 2 aliphatic heterocycles. The molecular formula is C24H30F3N5O4. The average molecular weight is 510 g/mol. The van der Waals surface area contributed by atoms with Crippen molar-refractivity contribution in [3.8, 4) is 0 Å². The van der Waals surface area contributed by atoms with Crippen LogP contribution in [0.15, 0.2) is 18.2 Å². The van der Waals surface area contributed by atoms with Gasteiger partial charge in [0.1, 0.15) is 5.60 Å². The van der Waals surface area contributed by atoms with Crippen LogP contribution in [0.4, 0.5) is 23.7 Å². The minimum absolute atomic E-state index is 0.0916. The molecule has 0 aliphatic carbocycles. The normalized spacial score (nSPS) is 23.5. The first-order valence-corrected chi connectivity index (χ1v) is 11.8. The molecule has 2 saturated heterocycles. The monoisotopic (exact) mass is 509 g/mol. The van der Waals surface area contributed by atoms with E-state index < -0.39 is 48.2 Å². The van der Waals surface area contributed by atoms with E-state index in [0.29, 0.717) is 28.7 Å². The molecule has 2 N–H and O–H groups in total. The quantitative estimate of drug-likeness (QED) is 0.612. The molecule has 0 bridgehead atoms. The third kappa shape index (κ3) is 5.41. The molecule has 36 heavy (non-hydrogen) atoms. The fourth-order valence-electron chi connectivity index (χ4n) is 4.75. The molecule has 3 heterocycles. The van der Waals surface area contributed by atoms with Gasteiger partial charge in [-0.2, -0.15) is 18.3 Å². The highest BCUT2D eigenvalue weighted by molar-refractivity contribution is 6.02. The number of nitrogens with one attached hydrogen (secondary N) is 2. The zero-order valence-electron chi connectivity index (χ0n) is 20.6. The number of nitrogens with zero attached hydrogens (tertiary/aromatic N) is 3. The number of benzene rings is 1. The first kappa shape index (κ1) is 25.8. The predicted octanol–water partition coefficient (Wildman–Crippen LogP) is 3.69. The molecule has 196 valence electrons. The first-order valence-electron chi connectivity index (χ1n) is 11.8. The number of likely N-dealkylation sites (tertiary alicyclic amines) is 1. The Kier molecular flexibility index (Phi) is 6.65. The molecule has 3 amide bonds. The Balaban J connectivity index is 1.54. The summed E-state index contributed by atoms with van der Waals surface area (Å²) < 4.78 is 48.7. The lowest BCUT2D eigenvalue weighted by Crippen LogP contribution is -2.54. The lowest BCUT2D eigenvalue weighted by atomic mass is 9.91. The van der Waals surface area contributed by atoms with E-state index in [2.05, 4.69) is 15.7 Å². The van der Waals surface area contributed by atoms with Crippen molar-refractivity contribution >= 4 is 34.5 Å². The van der Waals surface area contributed by atoms with Crippen molar-refractivity contribution in [2.75, 3.05) is 18.4 Å². The van der Waals surface area contributed by atoms with Crippen molar-refractivity contribution in [1.29, 1.82) is 0 Å². The van der Waals surface area contributed by atoms with Crippen molar-refractivity contribution in [2.24, 2.45) is 13.0 Å². The molecule has 2 aromatic rings. The van der Waals surface area contributed by atoms with Crippen molar-refractivity contribution in [2.45, 2.75) is 63.8 Å². The van der Waals surface area contributed by atoms with Gasteiger partial charge in [-0.15, -0.1) is 0 Å². The van der Waals surface area contributed by atoms with Crippen LogP contribution in [0.1, 0.15) is 51.6 Å². The average Bonchev–Trinajstić information content (AvgIpc) is 3.08. The first-order chi connectivity index (χ1) is 16.7. The van der Waals surface area contributed by atoms with Gasteiger partial charge >= 0.3 is 12.3 Å². The van der Waals surface area contributed by atoms with Gasteiger partial charge < -0.3 is 15.0 Å². The second kappa shape index (κ2) is 9.29. The van der Waals surface area contributed by atoms with E-state index in [9.17, 15) is 27.6 Å². The van der Waals surface area contributed by atoms with Crippen LogP contribution in [0.2, 0.25) is 0 Å². The summed E-state index contributed by atoms with van der Waals surface area (Å²) in [5, 5.41) is 10.5. The topological polar surface area (TPSA) is 106 Å². The Morgan fingerprint density at radius 1 is 1.19 bits per heavy atom. The highest BCUT2D eigenvalue weighted by atomic mass is 19.4.